The summed E-state index contributed by atoms with van der Waals surface area (Å²) in [5.74, 6) is -0.0194. The zero-order chi connectivity index (χ0) is 10.7. The smallest absolute Gasteiger partial charge is 0.236 e. The second kappa shape index (κ2) is 4.41. The molecule has 5 heteroatoms. The number of carbonyl (C=O) groups is 2. The number of piperidine rings is 1. The summed E-state index contributed by atoms with van der Waals surface area (Å²) in [4.78, 5) is 24.0. The Morgan fingerprint density at radius 3 is 2.86 bits per heavy atom. The fourth-order valence-electron chi connectivity index (χ4n) is 1.46. The number of likely N-dealkylation sites (tertiary alicyclic amines) is 1. The van der Waals surface area contributed by atoms with Gasteiger partial charge in [-0.1, -0.05) is 0 Å². The normalized spacial score (nSPS) is 24.6. The molecule has 1 saturated heterocycles. The Balaban J connectivity index is 2.40. The molecule has 5 nitrogen and oxygen atoms in total. The Morgan fingerprint density at radius 1 is 1.71 bits per heavy atom. The highest BCUT2D eigenvalue weighted by Crippen LogP contribution is 2.09. The Bertz CT molecular complexity index is 240. The van der Waals surface area contributed by atoms with Crippen LogP contribution in [-0.4, -0.2) is 42.4 Å². The summed E-state index contributed by atoms with van der Waals surface area (Å²) < 4.78 is 0. The van der Waals surface area contributed by atoms with E-state index in [1.54, 1.807) is 18.9 Å². The zero-order valence-corrected chi connectivity index (χ0v) is 8.62. The Labute approximate surface area is 83.6 Å². The van der Waals surface area contributed by atoms with Crippen LogP contribution in [0.2, 0.25) is 0 Å². The number of likely N-dealkylation sites (N-methyl/N-ethyl adjacent to an activating group) is 1. The lowest BCUT2D eigenvalue weighted by molar-refractivity contribution is -0.134. The molecule has 0 saturated carbocycles. The highest BCUT2D eigenvalue weighted by Gasteiger charge is 2.24. The van der Waals surface area contributed by atoms with Crippen LogP contribution in [0.4, 0.5) is 0 Å². The molecule has 1 heterocycles. The molecule has 2 atom stereocenters. The summed E-state index contributed by atoms with van der Waals surface area (Å²) in [5, 5.41) is 2.81. The second-order valence-corrected chi connectivity index (χ2v) is 3.81. The van der Waals surface area contributed by atoms with Gasteiger partial charge in [0.25, 0.3) is 0 Å². The minimum atomic E-state index is -0.488. The van der Waals surface area contributed by atoms with Crippen LogP contribution in [0.1, 0.15) is 19.8 Å². The van der Waals surface area contributed by atoms with Gasteiger partial charge in [0.1, 0.15) is 0 Å². The van der Waals surface area contributed by atoms with Crippen LogP contribution < -0.4 is 11.1 Å². The molecule has 1 aliphatic heterocycles. The quantitative estimate of drug-likeness (QED) is 0.603. The van der Waals surface area contributed by atoms with Crippen LogP contribution in [0, 0.1) is 0 Å². The molecule has 1 rings (SSSR count). The minimum Gasteiger partial charge on any atom is -0.350 e. The molecule has 0 spiro atoms. The molecule has 0 bridgehead atoms. The Morgan fingerprint density at radius 2 is 2.36 bits per heavy atom. The van der Waals surface area contributed by atoms with Crippen molar-refractivity contribution in [1.29, 1.82) is 0 Å². The molecular formula is C9H17N3O2. The second-order valence-electron chi connectivity index (χ2n) is 3.81. The number of carbonyl (C=O) groups excluding carboxylic acids is 2. The van der Waals surface area contributed by atoms with Crippen molar-refractivity contribution < 1.29 is 9.59 Å². The number of nitrogens with two attached hydrogens (primary N) is 1. The molecule has 3 N–H and O–H groups in total. The van der Waals surface area contributed by atoms with Crippen LogP contribution in [0.5, 0.6) is 0 Å². The van der Waals surface area contributed by atoms with Gasteiger partial charge in [0.05, 0.1) is 6.04 Å². The largest absolute Gasteiger partial charge is 0.350 e. The van der Waals surface area contributed by atoms with E-state index in [-0.39, 0.29) is 17.9 Å². The first-order valence-electron chi connectivity index (χ1n) is 4.80. The van der Waals surface area contributed by atoms with Gasteiger partial charge >= 0.3 is 0 Å². The van der Waals surface area contributed by atoms with E-state index in [0.29, 0.717) is 19.4 Å². The third kappa shape index (κ3) is 2.70. The van der Waals surface area contributed by atoms with Gasteiger partial charge in [-0.15, -0.1) is 0 Å². The minimum absolute atomic E-state index is 0.0520. The van der Waals surface area contributed by atoms with Crippen LogP contribution in [0.25, 0.3) is 0 Å². The van der Waals surface area contributed by atoms with Gasteiger partial charge in [0.15, 0.2) is 0 Å². The molecule has 1 unspecified atom stereocenters. The summed E-state index contributed by atoms with van der Waals surface area (Å²) in [6.45, 7) is 2.23. The van der Waals surface area contributed by atoms with Gasteiger partial charge in [0, 0.05) is 26.1 Å². The number of hydrogen-bond donors (Lipinski definition) is 2. The lowest BCUT2D eigenvalue weighted by Crippen LogP contribution is -2.51. The van der Waals surface area contributed by atoms with Gasteiger partial charge in [-0.2, -0.15) is 0 Å². The van der Waals surface area contributed by atoms with E-state index in [2.05, 4.69) is 5.32 Å². The van der Waals surface area contributed by atoms with E-state index >= 15 is 0 Å². The maximum atomic E-state index is 11.3. The first-order valence-corrected chi connectivity index (χ1v) is 4.80. The third-order valence-electron chi connectivity index (χ3n) is 2.39. The molecule has 0 aliphatic carbocycles. The van der Waals surface area contributed by atoms with Crippen molar-refractivity contribution in [3.8, 4) is 0 Å². The average molecular weight is 199 g/mol. The lowest BCUT2D eigenvalue weighted by Gasteiger charge is -2.30. The third-order valence-corrected chi connectivity index (χ3v) is 2.39. The van der Waals surface area contributed by atoms with Crippen LogP contribution in [0.3, 0.4) is 0 Å². The molecular weight excluding hydrogens is 182 g/mol. The predicted octanol–water partition coefficient (Wildman–Crippen LogP) is -0.929. The standard InChI is InChI=1S/C9H17N3O2/c1-6(10)9(14)11-7-3-4-8(13)12(2)5-7/h6-7H,3-5,10H2,1-2H3,(H,11,14)/t6-,7?/m1/s1. The van der Waals surface area contributed by atoms with E-state index in [9.17, 15) is 9.59 Å². The van der Waals surface area contributed by atoms with Gasteiger partial charge < -0.3 is 16.0 Å². The van der Waals surface area contributed by atoms with Crippen molar-refractivity contribution in [2.75, 3.05) is 13.6 Å². The number of amides is 2. The van der Waals surface area contributed by atoms with Crippen molar-refractivity contribution in [2.24, 2.45) is 5.73 Å². The first-order chi connectivity index (χ1) is 6.50. The number of hydrogen-bond acceptors (Lipinski definition) is 3. The monoisotopic (exact) mass is 199 g/mol. The summed E-state index contributed by atoms with van der Waals surface area (Å²) in [7, 11) is 1.74. The van der Waals surface area contributed by atoms with Crippen LogP contribution in [-0.2, 0) is 9.59 Å². The molecule has 1 fully saturated rings. The molecule has 2 amide bonds. The van der Waals surface area contributed by atoms with Crippen molar-refractivity contribution >= 4 is 11.8 Å². The van der Waals surface area contributed by atoms with Crippen molar-refractivity contribution in [1.82, 2.24) is 10.2 Å². The number of rotatable bonds is 2. The van der Waals surface area contributed by atoms with E-state index in [1.807, 2.05) is 0 Å². The highest BCUT2D eigenvalue weighted by atomic mass is 16.2. The van der Waals surface area contributed by atoms with Crippen molar-refractivity contribution in [2.45, 2.75) is 31.8 Å². The van der Waals surface area contributed by atoms with E-state index < -0.39 is 6.04 Å². The lowest BCUT2D eigenvalue weighted by atomic mass is 10.1. The van der Waals surface area contributed by atoms with E-state index in [4.69, 9.17) is 5.73 Å². The fraction of sp³-hybridized carbons (Fsp3) is 0.778. The number of nitrogens with zero attached hydrogens (tertiary/aromatic N) is 1. The van der Waals surface area contributed by atoms with Gasteiger partial charge in [0.2, 0.25) is 11.8 Å². The molecule has 1 aliphatic rings. The van der Waals surface area contributed by atoms with Crippen molar-refractivity contribution in [3.05, 3.63) is 0 Å². The average Bonchev–Trinajstić information content (AvgIpc) is 2.11. The predicted molar refractivity (Wildman–Crippen MR) is 52.5 cm³/mol. The van der Waals surface area contributed by atoms with Gasteiger partial charge in [-0.25, -0.2) is 0 Å². The Kier molecular flexibility index (Phi) is 3.46. The molecule has 0 aromatic rings. The molecule has 14 heavy (non-hydrogen) atoms. The highest BCUT2D eigenvalue weighted by molar-refractivity contribution is 5.82. The zero-order valence-electron chi connectivity index (χ0n) is 8.62. The summed E-state index contributed by atoms with van der Waals surface area (Å²) >= 11 is 0. The molecule has 0 radical (unpaired) electrons. The summed E-state index contributed by atoms with van der Waals surface area (Å²) in [6.07, 6.45) is 1.21. The van der Waals surface area contributed by atoms with Crippen LogP contribution >= 0.6 is 0 Å². The Hall–Kier alpha value is -1.10. The molecule has 0 aromatic carbocycles. The van der Waals surface area contributed by atoms with Crippen molar-refractivity contribution in [3.63, 3.8) is 0 Å². The topological polar surface area (TPSA) is 75.4 Å². The number of nitrogens with one attached hydrogen (secondary N) is 1. The first kappa shape index (κ1) is 11.0. The van der Waals surface area contributed by atoms with Crippen LogP contribution in [0.15, 0.2) is 0 Å². The summed E-state index contributed by atoms with van der Waals surface area (Å²) in [5.41, 5.74) is 5.42. The van der Waals surface area contributed by atoms with E-state index in [0.717, 1.165) is 0 Å². The van der Waals surface area contributed by atoms with Gasteiger partial charge in [-0.3, -0.25) is 9.59 Å². The SMILES string of the molecule is C[C@@H](N)C(=O)NC1CCC(=O)N(C)C1. The van der Waals surface area contributed by atoms with E-state index in [1.165, 1.54) is 0 Å². The maximum Gasteiger partial charge on any atom is 0.236 e. The summed E-state index contributed by atoms with van der Waals surface area (Å²) in [6, 6.07) is -0.436. The molecule has 80 valence electrons. The maximum absolute atomic E-state index is 11.3. The van der Waals surface area contributed by atoms with Gasteiger partial charge in [-0.05, 0) is 13.3 Å². The fourth-order valence-corrected chi connectivity index (χ4v) is 1.46. The molecule has 0 aromatic heterocycles.